The highest BCUT2D eigenvalue weighted by Gasteiger charge is 2.21. The standard InChI is InChI=1S/C42H80N2O4/c1-5-9-13-17-19-25-32-39(30-23-15-11-7-3)41(45)47-37-28-22-21-27-35-44(36-29-34-43)38-48-42(46)40(31-24-16-12-8-4)33-26-20-18-14-10-6-2/h39-40H,5-33,35-38H2,1-4H3. The lowest BCUT2D eigenvalue weighted by molar-refractivity contribution is -0.154. The second-order valence-electron chi connectivity index (χ2n) is 14.4. The normalized spacial score (nSPS) is 12.6. The van der Waals surface area contributed by atoms with Crippen LogP contribution in [0.1, 0.15) is 214 Å². The van der Waals surface area contributed by atoms with Gasteiger partial charge in [0.05, 0.1) is 24.5 Å². The molecule has 0 N–H and O–H groups in total. The second-order valence-corrected chi connectivity index (χ2v) is 14.4. The summed E-state index contributed by atoms with van der Waals surface area (Å²) in [5, 5.41) is 9.19. The van der Waals surface area contributed by atoms with Gasteiger partial charge >= 0.3 is 11.9 Å². The molecule has 0 bridgehead atoms. The Morgan fingerprint density at radius 3 is 1.33 bits per heavy atom. The second kappa shape index (κ2) is 36.7. The summed E-state index contributed by atoms with van der Waals surface area (Å²) < 4.78 is 11.6. The van der Waals surface area contributed by atoms with E-state index < -0.39 is 0 Å². The van der Waals surface area contributed by atoms with Gasteiger partial charge in [-0.1, -0.05) is 169 Å². The summed E-state index contributed by atoms with van der Waals surface area (Å²) in [7, 11) is 0. The number of carbonyl (C=O) groups is 2. The van der Waals surface area contributed by atoms with E-state index in [9.17, 15) is 14.9 Å². The maximum atomic E-state index is 13.1. The molecule has 0 spiro atoms. The molecular formula is C42H80N2O4. The van der Waals surface area contributed by atoms with E-state index in [1.165, 1.54) is 103 Å². The first-order chi connectivity index (χ1) is 23.5. The van der Waals surface area contributed by atoms with Crippen LogP contribution in [0, 0.1) is 23.2 Å². The molecule has 6 nitrogen and oxygen atoms in total. The Hall–Kier alpha value is -1.61. The Balaban J connectivity index is 4.55. The first-order valence-corrected chi connectivity index (χ1v) is 21.0. The van der Waals surface area contributed by atoms with Crippen molar-refractivity contribution in [1.82, 2.24) is 4.90 Å². The Bertz CT molecular complexity index is 752. The average molecular weight is 677 g/mol. The Kier molecular flexibility index (Phi) is 35.4. The number of carbonyl (C=O) groups excluding carboxylic acids is 2. The van der Waals surface area contributed by atoms with Crippen molar-refractivity contribution in [2.75, 3.05) is 26.4 Å². The number of nitriles is 1. The van der Waals surface area contributed by atoms with E-state index in [0.29, 0.717) is 19.6 Å². The van der Waals surface area contributed by atoms with Crippen LogP contribution in [0.3, 0.4) is 0 Å². The van der Waals surface area contributed by atoms with Gasteiger partial charge in [-0.15, -0.1) is 0 Å². The van der Waals surface area contributed by atoms with Crippen LogP contribution in [-0.2, 0) is 19.1 Å². The quantitative estimate of drug-likeness (QED) is 0.0370. The van der Waals surface area contributed by atoms with Crippen LogP contribution in [0.15, 0.2) is 0 Å². The van der Waals surface area contributed by atoms with Crippen molar-refractivity contribution in [3.8, 4) is 6.07 Å². The number of rotatable bonds is 37. The van der Waals surface area contributed by atoms with Crippen molar-refractivity contribution in [2.24, 2.45) is 11.8 Å². The monoisotopic (exact) mass is 677 g/mol. The van der Waals surface area contributed by atoms with Crippen molar-refractivity contribution < 1.29 is 19.1 Å². The number of hydrogen-bond donors (Lipinski definition) is 0. The van der Waals surface area contributed by atoms with Gasteiger partial charge < -0.3 is 9.47 Å². The predicted octanol–water partition coefficient (Wildman–Crippen LogP) is 12.5. The van der Waals surface area contributed by atoms with Crippen LogP contribution in [0.4, 0.5) is 0 Å². The minimum Gasteiger partial charge on any atom is -0.465 e. The average Bonchev–Trinajstić information content (AvgIpc) is 3.09. The van der Waals surface area contributed by atoms with Crippen LogP contribution in [-0.4, -0.2) is 43.3 Å². The van der Waals surface area contributed by atoms with E-state index in [1.807, 2.05) is 0 Å². The van der Waals surface area contributed by atoms with Crippen LogP contribution in [0.2, 0.25) is 0 Å². The predicted molar refractivity (Wildman–Crippen MR) is 203 cm³/mol. The lowest BCUT2D eigenvalue weighted by Crippen LogP contribution is -2.32. The molecule has 282 valence electrons. The fraction of sp³-hybridized carbons (Fsp3) is 0.929. The number of nitrogens with zero attached hydrogens (tertiary/aromatic N) is 2. The van der Waals surface area contributed by atoms with E-state index in [1.54, 1.807) is 0 Å². The fourth-order valence-electron chi connectivity index (χ4n) is 6.54. The summed E-state index contributed by atoms with van der Waals surface area (Å²) in [6.07, 6.45) is 32.6. The summed E-state index contributed by atoms with van der Waals surface area (Å²) >= 11 is 0. The minimum absolute atomic E-state index is 0.00436. The van der Waals surface area contributed by atoms with Crippen molar-refractivity contribution >= 4 is 11.9 Å². The highest BCUT2D eigenvalue weighted by molar-refractivity contribution is 5.72. The Morgan fingerprint density at radius 1 is 0.500 bits per heavy atom. The molecule has 0 fully saturated rings. The molecule has 0 radical (unpaired) electrons. The SMILES string of the molecule is CCCCCCCCC(CCCCCC)C(=O)OCCCCCCN(CCC#N)COC(=O)C(CCCCCC)CCCCCCCC. The Labute approximate surface area is 298 Å². The summed E-state index contributed by atoms with van der Waals surface area (Å²) in [5.74, 6) is 0.0233. The van der Waals surface area contributed by atoms with Gasteiger partial charge in [0.1, 0.15) is 6.73 Å². The smallest absolute Gasteiger partial charge is 0.310 e. The Morgan fingerprint density at radius 2 is 0.875 bits per heavy atom. The summed E-state index contributed by atoms with van der Waals surface area (Å²) in [6, 6.07) is 2.25. The molecule has 0 aromatic carbocycles. The van der Waals surface area contributed by atoms with E-state index in [0.717, 1.165) is 83.6 Å². The number of hydrogen-bond acceptors (Lipinski definition) is 6. The highest BCUT2D eigenvalue weighted by atomic mass is 16.5. The summed E-state index contributed by atoms with van der Waals surface area (Å²) in [5.41, 5.74) is 0. The van der Waals surface area contributed by atoms with Gasteiger partial charge in [-0.3, -0.25) is 14.5 Å². The number of ether oxygens (including phenoxy) is 2. The van der Waals surface area contributed by atoms with E-state index in [-0.39, 0.29) is 30.5 Å². The third kappa shape index (κ3) is 29.3. The van der Waals surface area contributed by atoms with Crippen LogP contribution >= 0.6 is 0 Å². The molecule has 0 aliphatic rings. The zero-order chi connectivity index (χ0) is 35.3. The van der Waals surface area contributed by atoms with Crippen LogP contribution < -0.4 is 0 Å². The first-order valence-electron chi connectivity index (χ1n) is 21.0. The highest BCUT2D eigenvalue weighted by Crippen LogP contribution is 2.22. The summed E-state index contributed by atoms with van der Waals surface area (Å²) in [6.45, 7) is 11.2. The lowest BCUT2D eigenvalue weighted by Gasteiger charge is -2.23. The minimum atomic E-state index is -0.0519. The molecule has 0 saturated carbocycles. The molecule has 0 aliphatic carbocycles. The van der Waals surface area contributed by atoms with Crippen LogP contribution in [0.5, 0.6) is 0 Å². The zero-order valence-corrected chi connectivity index (χ0v) is 32.5. The van der Waals surface area contributed by atoms with Crippen molar-refractivity contribution in [1.29, 1.82) is 5.26 Å². The van der Waals surface area contributed by atoms with Gasteiger partial charge in [-0.05, 0) is 38.5 Å². The maximum absolute atomic E-state index is 13.1. The molecule has 2 atom stereocenters. The molecule has 2 unspecified atom stereocenters. The van der Waals surface area contributed by atoms with Gasteiger partial charge in [0.25, 0.3) is 0 Å². The third-order valence-electron chi connectivity index (χ3n) is 9.83. The van der Waals surface area contributed by atoms with Gasteiger partial charge in [0, 0.05) is 19.5 Å². The third-order valence-corrected chi connectivity index (χ3v) is 9.83. The molecule has 0 amide bonds. The number of unbranched alkanes of at least 4 members (excludes halogenated alkanes) is 19. The topological polar surface area (TPSA) is 79.6 Å². The van der Waals surface area contributed by atoms with Crippen molar-refractivity contribution in [3.05, 3.63) is 0 Å². The zero-order valence-electron chi connectivity index (χ0n) is 32.5. The molecule has 6 heteroatoms. The summed E-state index contributed by atoms with van der Waals surface area (Å²) in [4.78, 5) is 28.2. The molecule has 0 aromatic heterocycles. The van der Waals surface area contributed by atoms with Gasteiger partial charge in [0.2, 0.25) is 0 Å². The first kappa shape index (κ1) is 46.4. The molecule has 0 aromatic rings. The van der Waals surface area contributed by atoms with E-state index in [4.69, 9.17) is 9.47 Å². The largest absolute Gasteiger partial charge is 0.465 e. The molecule has 0 heterocycles. The van der Waals surface area contributed by atoms with Gasteiger partial charge in [-0.25, -0.2) is 0 Å². The number of esters is 2. The van der Waals surface area contributed by atoms with Crippen molar-refractivity contribution in [3.63, 3.8) is 0 Å². The van der Waals surface area contributed by atoms with Crippen LogP contribution in [0.25, 0.3) is 0 Å². The van der Waals surface area contributed by atoms with E-state index >= 15 is 0 Å². The molecule has 0 rings (SSSR count). The lowest BCUT2D eigenvalue weighted by atomic mass is 9.94. The van der Waals surface area contributed by atoms with Gasteiger partial charge in [-0.2, -0.15) is 5.26 Å². The maximum Gasteiger partial charge on any atom is 0.310 e. The van der Waals surface area contributed by atoms with Gasteiger partial charge in [0.15, 0.2) is 0 Å². The molecular weight excluding hydrogens is 596 g/mol. The molecule has 0 aliphatic heterocycles. The molecule has 0 saturated heterocycles. The van der Waals surface area contributed by atoms with E-state index in [2.05, 4.69) is 38.7 Å². The molecule has 48 heavy (non-hydrogen) atoms. The fourth-order valence-corrected chi connectivity index (χ4v) is 6.54. The van der Waals surface area contributed by atoms with Crippen molar-refractivity contribution in [2.45, 2.75) is 214 Å².